The fraction of sp³-hybridized carbons (Fsp3) is 0. The topological polar surface area (TPSA) is 59.4 Å². The van der Waals surface area contributed by atoms with Crippen molar-refractivity contribution >= 4 is 21.9 Å². The van der Waals surface area contributed by atoms with E-state index in [2.05, 4.69) is 20.9 Å². The number of hydrogen-bond acceptors (Lipinski definition) is 3. The highest BCUT2D eigenvalue weighted by Crippen LogP contribution is 2.28. The van der Waals surface area contributed by atoms with Crippen molar-refractivity contribution in [1.29, 1.82) is 0 Å². The summed E-state index contributed by atoms with van der Waals surface area (Å²) in [5, 5.41) is 9.03. The van der Waals surface area contributed by atoms with Gasteiger partial charge in [-0.15, -0.1) is 0 Å². The van der Waals surface area contributed by atoms with Gasteiger partial charge in [-0.3, -0.25) is 0 Å². The van der Waals surface area contributed by atoms with Crippen LogP contribution in [0.25, 0.3) is 0 Å². The lowest BCUT2D eigenvalue weighted by atomic mass is 10.2. The maximum Gasteiger partial charge on any atom is 0.339 e. The molecule has 0 amide bonds. The number of rotatable bonds is 3. The Bertz CT molecular complexity index is 604. The lowest BCUT2D eigenvalue weighted by molar-refractivity contribution is 0.0694. The van der Waals surface area contributed by atoms with Crippen molar-refractivity contribution < 1.29 is 19.0 Å². The molecule has 0 spiro atoms. The van der Waals surface area contributed by atoms with Gasteiger partial charge in [-0.25, -0.2) is 9.78 Å². The first-order chi connectivity index (χ1) is 8.58. The smallest absolute Gasteiger partial charge is 0.339 e. The van der Waals surface area contributed by atoms with Crippen LogP contribution in [0.4, 0.5) is 4.39 Å². The van der Waals surface area contributed by atoms with E-state index >= 15 is 0 Å². The van der Waals surface area contributed by atoms with Gasteiger partial charge in [0.25, 0.3) is 5.95 Å². The van der Waals surface area contributed by atoms with Crippen molar-refractivity contribution in [2.75, 3.05) is 0 Å². The highest BCUT2D eigenvalue weighted by molar-refractivity contribution is 9.10. The number of benzene rings is 1. The number of pyridine rings is 1. The Morgan fingerprint density at radius 1 is 1.33 bits per heavy atom. The van der Waals surface area contributed by atoms with Crippen LogP contribution in [0.15, 0.2) is 41.0 Å². The molecule has 92 valence electrons. The molecule has 6 heteroatoms. The molecule has 0 saturated carbocycles. The Morgan fingerprint density at radius 3 is 2.78 bits per heavy atom. The molecule has 0 bridgehead atoms. The summed E-state index contributed by atoms with van der Waals surface area (Å²) in [6.07, 6.45) is 1.28. The van der Waals surface area contributed by atoms with Crippen LogP contribution in [0.1, 0.15) is 10.4 Å². The number of aromatic nitrogens is 1. The molecule has 0 aliphatic rings. The van der Waals surface area contributed by atoms with Gasteiger partial charge >= 0.3 is 5.97 Å². The largest absolute Gasteiger partial charge is 0.478 e. The second-order valence-corrected chi connectivity index (χ2v) is 4.26. The fourth-order valence-corrected chi connectivity index (χ4v) is 1.69. The zero-order valence-electron chi connectivity index (χ0n) is 8.93. The van der Waals surface area contributed by atoms with E-state index in [0.717, 1.165) is 0 Å². The molecule has 0 atom stereocenters. The quantitative estimate of drug-likeness (QED) is 0.882. The minimum absolute atomic E-state index is 0.0533. The Balaban J connectivity index is 2.41. The number of hydrogen-bond donors (Lipinski definition) is 1. The van der Waals surface area contributed by atoms with Crippen LogP contribution in [0.3, 0.4) is 0 Å². The molecule has 1 heterocycles. The molecule has 0 fully saturated rings. The average Bonchev–Trinajstić information content (AvgIpc) is 2.34. The molecule has 18 heavy (non-hydrogen) atoms. The number of aromatic carboxylic acids is 1. The molecule has 1 N–H and O–H groups in total. The number of carbonyl (C=O) groups is 1. The fourth-order valence-electron chi connectivity index (χ4n) is 1.32. The summed E-state index contributed by atoms with van der Waals surface area (Å²) in [6.45, 7) is 0. The minimum Gasteiger partial charge on any atom is -0.478 e. The monoisotopic (exact) mass is 311 g/mol. The van der Waals surface area contributed by atoms with Gasteiger partial charge in [-0.2, -0.15) is 4.39 Å². The van der Waals surface area contributed by atoms with Gasteiger partial charge in [0.05, 0.1) is 0 Å². The normalized spacial score (nSPS) is 10.1. The first-order valence-electron chi connectivity index (χ1n) is 4.89. The van der Waals surface area contributed by atoms with E-state index in [4.69, 9.17) is 9.84 Å². The van der Waals surface area contributed by atoms with Crippen LogP contribution in [-0.4, -0.2) is 16.1 Å². The summed E-state index contributed by atoms with van der Waals surface area (Å²) >= 11 is 3.16. The third kappa shape index (κ3) is 2.65. The molecular weight excluding hydrogens is 305 g/mol. The van der Waals surface area contributed by atoms with Crippen LogP contribution in [0.2, 0.25) is 0 Å². The second kappa shape index (κ2) is 5.14. The van der Waals surface area contributed by atoms with E-state index in [9.17, 15) is 9.18 Å². The van der Waals surface area contributed by atoms with Crippen LogP contribution in [0.5, 0.6) is 11.5 Å². The second-order valence-electron chi connectivity index (χ2n) is 3.34. The highest BCUT2D eigenvalue weighted by atomic mass is 79.9. The minimum atomic E-state index is -1.16. The van der Waals surface area contributed by atoms with E-state index in [1.165, 1.54) is 30.5 Å². The van der Waals surface area contributed by atoms with E-state index in [0.29, 0.717) is 4.47 Å². The van der Waals surface area contributed by atoms with E-state index in [1.54, 1.807) is 6.07 Å². The summed E-state index contributed by atoms with van der Waals surface area (Å²) in [5.41, 5.74) is -0.0624. The number of carboxylic acid groups (broad SMARTS) is 1. The van der Waals surface area contributed by atoms with Gasteiger partial charge in [-0.1, -0.05) is 15.9 Å². The lowest BCUT2D eigenvalue weighted by Crippen LogP contribution is -2.01. The first-order valence-corrected chi connectivity index (χ1v) is 5.68. The van der Waals surface area contributed by atoms with E-state index in [1.807, 2.05) is 0 Å². The molecule has 0 aliphatic heterocycles. The third-order valence-corrected chi connectivity index (χ3v) is 2.61. The van der Waals surface area contributed by atoms with Crippen molar-refractivity contribution in [1.82, 2.24) is 4.98 Å². The van der Waals surface area contributed by atoms with Crippen LogP contribution in [0, 0.1) is 5.95 Å². The molecular formula is C12H7BrFNO3. The van der Waals surface area contributed by atoms with Gasteiger partial charge in [0, 0.05) is 10.7 Å². The summed E-state index contributed by atoms with van der Waals surface area (Å²) in [6, 6.07) is 7.30. The molecule has 2 aromatic rings. The van der Waals surface area contributed by atoms with Crippen LogP contribution < -0.4 is 4.74 Å². The SMILES string of the molecule is O=C(O)c1cc(Br)ccc1Oc1cccnc1F. The lowest BCUT2D eigenvalue weighted by Gasteiger charge is -2.09. The molecule has 1 aromatic carbocycles. The Labute approximate surface area is 110 Å². The number of nitrogens with zero attached hydrogens (tertiary/aromatic N) is 1. The van der Waals surface area contributed by atoms with Crippen molar-refractivity contribution in [3.8, 4) is 11.5 Å². The van der Waals surface area contributed by atoms with Crippen molar-refractivity contribution in [2.24, 2.45) is 0 Å². The highest BCUT2D eigenvalue weighted by Gasteiger charge is 2.14. The maximum absolute atomic E-state index is 13.3. The molecule has 0 unspecified atom stereocenters. The molecule has 0 radical (unpaired) electrons. The molecule has 0 aliphatic carbocycles. The standard InChI is InChI=1S/C12H7BrFNO3/c13-7-3-4-9(8(6-7)12(16)17)18-10-2-1-5-15-11(10)14/h1-6H,(H,16,17). The van der Waals surface area contributed by atoms with Gasteiger partial charge in [0.1, 0.15) is 11.3 Å². The third-order valence-electron chi connectivity index (χ3n) is 2.12. The Kier molecular flexibility index (Phi) is 3.57. The average molecular weight is 312 g/mol. The molecule has 4 nitrogen and oxygen atoms in total. The maximum atomic E-state index is 13.3. The zero-order valence-corrected chi connectivity index (χ0v) is 10.5. The Morgan fingerprint density at radius 2 is 2.11 bits per heavy atom. The number of halogens is 2. The molecule has 2 rings (SSSR count). The molecule has 1 aromatic heterocycles. The van der Waals surface area contributed by atoms with Crippen molar-refractivity contribution in [3.63, 3.8) is 0 Å². The van der Waals surface area contributed by atoms with Gasteiger partial charge in [-0.05, 0) is 30.3 Å². The van der Waals surface area contributed by atoms with Gasteiger partial charge in [0.2, 0.25) is 0 Å². The predicted octanol–water partition coefficient (Wildman–Crippen LogP) is 3.47. The van der Waals surface area contributed by atoms with Crippen LogP contribution >= 0.6 is 15.9 Å². The van der Waals surface area contributed by atoms with Crippen molar-refractivity contribution in [3.05, 3.63) is 52.5 Å². The number of carboxylic acids is 1. The Hall–Kier alpha value is -1.95. The summed E-state index contributed by atoms with van der Waals surface area (Å²) < 4.78 is 19.1. The summed E-state index contributed by atoms with van der Waals surface area (Å²) in [7, 11) is 0. The first kappa shape index (κ1) is 12.5. The van der Waals surface area contributed by atoms with Gasteiger partial charge < -0.3 is 9.84 Å². The molecule has 0 saturated heterocycles. The van der Waals surface area contributed by atoms with Crippen LogP contribution in [-0.2, 0) is 0 Å². The van der Waals surface area contributed by atoms with E-state index < -0.39 is 11.9 Å². The van der Waals surface area contributed by atoms with Gasteiger partial charge in [0.15, 0.2) is 5.75 Å². The van der Waals surface area contributed by atoms with E-state index in [-0.39, 0.29) is 17.1 Å². The summed E-state index contributed by atoms with van der Waals surface area (Å²) in [4.78, 5) is 14.5. The summed E-state index contributed by atoms with van der Waals surface area (Å²) in [5.74, 6) is -2.02. The zero-order chi connectivity index (χ0) is 13.1. The number of ether oxygens (including phenoxy) is 1. The predicted molar refractivity (Wildman–Crippen MR) is 65.4 cm³/mol. The van der Waals surface area contributed by atoms with Crippen molar-refractivity contribution in [2.45, 2.75) is 0 Å².